The molecule has 0 saturated carbocycles. The Morgan fingerprint density at radius 2 is 1.74 bits per heavy atom. The summed E-state index contributed by atoms with van der Waals surface area (Å²) in [4.78, 5) is 24.8. The normalized spacial score (nSPS) is 12.1. The number of amides is 1. The van der Waals surface area contributed by atoms with E-state index in [1.807, 2.05) is 19.1 Å². The van der Waals surface area contributed by atoms with Gasteiger partial charge in [0.25, 0.3) is 5.91 Å². The molecule has 0 unspecified atom stereocenters. The number of hydrogen-bond donors (Lipinski definition) is 1. The molecule has 31 heavy (non-hydrogen) atoms. The predicted octanol–water partition coefficient (Wildman–Crippen LogP) is 4.36. The summed E-state index contributed by atoms with van der Waals surface area (Å²) in [6.07, 6.45) is 1.36. The highest BCUT2D eigenvalue weighted by atomic mass is 35.5. The van der Waals surface area contributed by atoms with Crippen molar-refractivity contribution in [2.75, 3.05) is 6.79 Å². The van der Waals surface area contributed by atoms with Gasteiger partial charge >= 0.3 is 5.97 Å². The summed E-state index contributed by atoms with van der Waals surface area (Å²) in [6.45, 7) is 2.05. The smallest absolute Gasteiger partial charge is 0.343 e. The van der Waals surface area contributed by atoms with Gasteiger partial charge in [0, 0.05) is 16.1 Å². The molecule has 3 aromatic carbocycles. The van der Waals surface area contributed by atoms with Crippen LogP contribution in [0.15, 0.2) is 65.8 Å². The van der Waals surface area contributed by atoms with Crippen LogP contribution in [0.2, 0.25) is 5.02 Å². The van der Waals surface area contributed by atoms with Gasteiger partial charge in [0.05, 0.1) is 11.8 Å². The zero-order chi connectivity index (χ0) is 21.8. The third-order valence-electron chi connectivity index (χ3n) is 4.47. The van der Waals surface area contributed by atoms with E-state index in [0.29, 0.717) is 33.2 Å². The van der Waals surface area contributed by atoms with Crippen LogP contribution in [0.25, 0.3) is 0 Å². The first-order valence-electron chi connectivity index (χ1n) is 9.31. The number of benzene rings is 3. The molecule has 0 radical (unpaired) electrons. The SMILES string of the molecule is Cc1ccc(C(=O)NN=Cc2cc(Cl)ccc2OC(=O)c2ccc3c(c2)OCO3)cc1. The van der Waals surface area contributed by atoms with Crippen molar-refractivity contribution in [1.82, 2.24) is 5.43 Å². The van der Waals surface area contributed by atoms with Crippen molar-refractivity contribution in [3.05, 3.63) is 87.9 Å². The average molecular weight is 437 g/mol. The molecule has 0 spiro atoms. The maximum Gasteiger partial charge on any atom is 0.343 e. The van der Waals surface area contributed by atoms with Gasteiger partial charge in [-0.1, -0.05) is 29.3 Å². The lowest BCUT2D eigenvalue weighted by Crippen LogP contribution is -2.17. The van der Waals surface area contributed by atoms with Gasteiger partial charge in [-0.05, 0) is 55.5 Å². The maximum atomic E-state index is 12.6. The number of esters is 1. The summed E-state index contributed by atoms with van der Waals surface area (Å²) >= 11 is 6.07. The van der Waals surface area contributed by atoms with Crippen molar-refractivity contribution in [2.24, 2.45) is 5.10 Å². The van der Waals surface area contributed by atoms with Crippen LogP contribution in [-0.4, -0.2) is 24.9 Å². The summed E-state index contributed by atoms with van der Waals surface area (Å²) < 4.78 is 16.0. The topological polar surface area (TPSA) is 86.2 Å². The summed E-state index contributed by atoms with van der Waals surface area (Å²) in [7, 11) is 0. The van der Waals surface area contributed by atoms with Crippen molar-refractivity contribution in [3.8, 4) is 17.2 Å². The summed E-state index contributed by atoms with van der Waals surface area (Å²) in [6, 6.07) is 16.6. The fraction of sp³-hybridized carbons (Fsp3) is 0.0870. The Morgan fingerprint density at radius 1 is 1.00 bits per heavy atom. The largest absolute Gasteiger partial charge is 0.454 e. The lowest BCUT2D eigenvalue weighted by molar-refractivity contribution is 0.0733. The van der Waals surface area contributed by atoms with Crippen LogP contribution in [0.5, 0.6) is 17.2 Å². The van der Waals surface area contributed by atoms with Crippen LogP contribution < -0.4 is 19.6 Å². The first-order chi connectivity index (χ1) is 15.0. The highest BCUT2D eigenvalue weighted by Crippen LogP contribution is 2.33. The molecule has 3 aromatic rings. The Balaban J connectivity index is 1.48. The Labute approximate surface area is 183 Å². The monoisotopic (exact) mass is 436 g/mol. The van der Waals surface area contributed by atoms with E-state index >= 15 is 0 Å². The van der Waals surface area contributed by atoms with Crippen LogP contribution in [0, 0.1) is 6.92 Å². The minimum absolute atomic E-state index is 0.111. The van der Waals surface area contributed by atoms with Crippen LogP contribution in [0.4, 0.5) is 0 Å². The van der Waals surface area contributed by atoms with Crippen molar-refractivity contribution in [2.45, 2.75) is 6.92 Å². The Bertz CT molecular complexity index is 1180. The number of nitrogens with one attached hydrogen (secondary N) is 1. The van der Waals surface area contributed by atoms with E-state index in [0.717, 1.165) is 5.56 Å². The first kappa shape index (κ1) is 20.4. The average Bonchev–Trinajstić information content (AvgIpc) is 3.24. The second kappa shape index (κ2) is 8.89. The fourth-order valence-electron chi connectivity index (χ4n) is 2.83. The zero-order valence-electron chi connectivity index (χ0n) is 16.4. The molecule has 7 nitrogen and oxygen atoms in total. The third kappa shape index (κ3) is 4.84. The molecule has 0 aromatic heterocycles. The van der Waals surface area contributed by atoms with Crippen molar-refractivity contribution >= 4 is 29.7 Å². The molecular formula is C23H17ClN2O5. The van der Waals surface area contributed by atoms with Crippen molar-refractivity contribution in [1.29, 1.82) is 0 Å². The number of carbonyl (C=O) groups is 2. The number of fused-ring (bicyclic) bond motifs is 1. The zero-order valence-corrected chi connectivity index (χ0v) is 17.2. The summed E-state index contributed by atoms with van der Waals surface area (Å²) in [5.41, 5.74) is 4.69. The molecule has 1 heterocycles. The van der Waals surface area contributed by atoms with E-state index in [-0.39, 0.29) is 18.4 Å². The fourth-order valence-corrected chi connectivity index (χ4v) is 3.01. The third-order valence-corrected chi connectivity index (χ3v) is 4.70. The molecule has 156 valence electrons. The number of halogens is 1. The number of hydrogen-bond acceptors (Lipinski definition) is 6. The Hall–Kier alpha value is -3.84. The van der Waals surface area contributed by atoms with Gasteiger partial charge in [-0.3, -0.25) is 4.79 Å². The van der Waals surface area contributed by atoms with Gasteiger partial charge in [0.1, 0.15) is 5.75 Å². The molecule has 8 heteroatoms. The van der Waals surface area contributed by atoms with Gasteiger partial charge in [-0.15, -0.1) is 0 Å². The van der Waals surface area contributed by atoms with E-state index in [4.69, 9.17) is 25.8 Å². The number of rotatable bonds is 5. The van der Waals surface area contributed by atoms with E-state index in [1.54, 1.807) is 48.5 Å². The molecule has 1 amide bonds. The predicted molar refractivity (Wildman–Crippen MR) is 115 cm³/mol. The molecule has 1 aliphatic heterocycles. The summed E-state index contributed by atoms with van der Waals surface area (Å²) in [5, 5.41) is 4.38. The Kier molecular flexibility index (Phi) is 5.86. The minimum Gasteiger partial charge on any atom is -0.454 e. The molecule has 4 rings (SSSR count). The van der Waals surface area contributed by atoms with E-state index < -0.39 is 5.97 Å². The highest BCUT2D eigenvalue weighted by Gasteiger charge is 2.18. The van der Waals surface area contributed by atoms with E-state index in [1.165, 1.54) is 6.21 Å². The van der Waals surface area contributed by atoms with Crippen molar-refractivity contribution < 1.29 is 23.8 Å². The minimum atomic E-state index is -0.584. The van der Waals surface area contributed by atoms with Gasteiger partial charge in [-0.25, -0.2) is 10.2 Å². The molecule has 0 bridgehead atoms. The summed E-state index contributed by atoms with van der Waals surface area (Å²) in [5.74, 6) is 0.336. The first-order valence-corrected chi connectivity index (χ1v) is 9.69. The molecule has 0 aliphatic carbocycles. The van der Waals surface area contributed by atoms with Crippen LogP contribution in [0.3, 0.4) is 0 Å². The maximum absolute atomic E-state index is 12.6. The van der Waals surface area contributed by atoms with Crippen LogP contribution in [0.1, 0.15) is 31.8 Å². The number of ether oxygens (including phenoxy) is 3. The van der Waals surface area contributed by atoms with Crippen LogP contribution >= 0.6 is 11.6 Å². The number of hydrazone groups is 1. The second-order valence-electron chi connectivity index (χ2n) is 6.70. The van der Waals surface area contributed by atoms with Gasteiger partial charge in [0.2, 0.25) is 6.79 Å². The van der Waals surface area contributed by atoms with E-state index in [2.05, 4.69) is 10.5 Å². The molecule has 1 aliphatic rings. The van der Waals surface area contributed by atoms with E-state index in [9.17, 15) is 9.59 Å². The standard InChI is InChI=1S/C23H17ClN2O5/c1-14-2-4-15(5-3-14)22(27)26-25-12-17-10-18(24)7-9-19(17)31-23(28)16-6-8-20-21(11-16)30-13-29-20/h2-12H,13H2,1H3,(H,26,27). The quantitative estimate of drug-likeness (QED) is 0.278. The van der Waals surface area contributed by atoms with Crippen LogP contribution in [-0.2, 0) is 0 Å². The Morgan fingerprint density at radius 3 is 2.55 bits per heavy atom. The molecule has 1 N–H and O–H groups in total. The molecular weight excluding hydrogens is 420 g/mol. The lowest BCUT2D eigenvalue weighted by Gasteiger charge is -2.08. The van der Waals surface area contributed by atoms with Gasteiger partial charge in [0.15, 0.2) is 11.5 Å². The lowest BCUT2D eigenvalue weighted by atomic mass is 10.1. The molecule has 0 fully saturated rings. The highest BCUT2D eigenvalue weighted by molar-refractivity contribution is 6.31. The number of carbonyl (C=O) groups excluding carboxylic acids is 2. The molecule has 0 saturated heterocycles. The number of nitrogens with zero attached hydrogens (tertiary/aromatic N) is 1. The van der Waals surface area contributed by atoms with Gasteiger partial charge < -0.3 is 14.2 Å². The number of aryl methyl sites for hydroxylation is 1. The molecule has 0 atom stereocenters. The van der Waals surface area contributed by atoms with Crippen molar-refractivity contribution in [3.63, 3.8) is 0 Å². The van der Waals surface area contributed by atoms with Gasteiger partial charge in [-0.2, -0.15) is 5.10 Å². The second-order valence-corrected chi connectivity index (χ2v) is 7.14.